The second kappa shape index (κ2) is 7.09. The molecule has 0 N–H and O–H groups in total. The zero-order valence-electron chi connectivity index (χ0n) is 14.9. The van der Waals surface area contributed by atoms with E-state index in [0.29, 0.717) is 5.56 Å². The summed E-state index contributed by atoms with van der Waals surface area (Å²) in [7, 11) is 0. The molecule has 3 rings (SSSR count). The molecule has 4 heteroatoms. The lowest BCUT2D eigenvalue weighted by molar-refractivity contribution is -0.126. The first kappa shape index (κ1) is 17.2. The smallest absolute Gasteiger partial charge is 0.338 e. The van der Waals surface area contributed by atoms with Crippen molar-refractivity contribution in [1.82, 2.24) is 0 Å². The predicted octanol–water partition coefficient (Wildman–Crippen LogP) is 3.77. The van der Waals surface area contributed by atoms with Crippen LogP contribution in [0.5, 0.6) is 0 Å². The molecule has 1 amide bonds. The van der Waals surface area contributed by atoms with E-state index in [1.54, 1.807) is 24.0 Å². The Morgan fingerprint density at radius 3 is 2.52 bits per heavy atom. The fourth-order valence-electron chi connectivity index (χ4n) is 3.25. The molecule has 0 fully saturated rings. The fourth-order valence-corrected chi connectivity index (χ4v) is 3.25. The van der Waals surface area contributed by atoms with Gasteiger partial charge in [-0.15, -0.1) is 0 Å². The summed E-state index contributed by atoms with van der Waals surface area (Å²) >= 11 is 0. The van der Waals surface area contributed by atoms with Crippen LogP contribution in [0.4, 0.5) is 5.69 Å². The third-order valence-electron chi connectivity index (χ3n) is 4.67. The van der Waals surface area contributed by atoms with Gasteiger partial charge in [-0.25, -0.2) is 4.79 Å². The van der Waals surface area contributed by atoms with Gasteiger partial charge in [0, 0.05) is 11.7 Å². The van der Waals surface area contributed by atoms with E-state index in [1.807, 2.05) is 43.3 Å². The molecule has 1 aliphatic heterocycles. The molecule has 0 aliphatic carbocycles. The molecule has 0 saturated heterocycles. The quantitative estimate of drug-likeness (QED) is 0.798. The summed E-state index contributed by atoms with van der Waals surface area (Å²) in [5, 5.41) is 0. The van der Waals surface area contributed by atoms with Crippen LogP contribution >= 0.6 is 0 Å². The Bertz CT molecular complexity index is 782. The minimum atomic E-state index is -0.827. The number of carbonyl (C=O) groups excluding carboxylic acids is 2. The van der Waals surface area contributed by atoms with Crippen LogP contribution in [0.3, 0.4) is 0 Å². The van der Waals surface area contributed by atoms with Gasteiger partial charge >= 0.3 is 5.97 Å². The number of anilines is 1. The van der Waals surface area contributed by atoms with Gasteiger partial charge in [-0.05, 0) is 56.0 Å². The standard InChI is InChI=1S/C21H23NO3/c1-4-16-9-11-17(12-10-16)21(24)25-15(3)20(23)22-14(2)13-18-7-5-6-8-19(18)22/h5-12,14-15H,4,13H2,1-3H3/t14-,15+/m1/s1. The van der Waals surface area contributed by atoms with Gasteiger partial charge < -0.3 is 9.64 Å². The van der Waals surface area contributed by atoms with Crippen LogP contribution in [0.25, 0.3) is 0 Å². The Hall–Kier alpha value is -2.62. The number of ether oxygens (including phenoxy) is 1. The number of benzene rings is 2. The van der Waals surface area contributed by atoms with Crippen molar-refractivity contribution in [3.8, 4) is 0 Å². The summed E-state index contributed by atoms with van der Waals surface area (Å²) in [5.41, 5.74) is 3.68. The largest absolute Gasteiger partial charge is 0.449 e. The van der Waals surface area contributed by atoms with Gasteiger partial charge in [0.1, 0.15) is 0 Å². The van der Waals surface area contributed by atoms with Crippen LogP contribution in [0, 0.1) is 0 Å². The highest BCUT2D eigenvalue weighted by Crippen LogP contribution is 2.32. The Balaban J connectivity index is 1.71. The van der Waals surface area contributed by atoms with Gasteiger partial charge in [-0.2, -0.15) is 0 Å². The SMILES string of the molecule is CCc1ccc(C(=O)O[C@@H](C)C(=O)N2c3ccccc3C[C@H]2C)cc1. The van der Waals surface area contributed by atoms with Gasteiger partial charge in [0.2, 0.25) is 0 Å². The molecule has 130 valence electrons. The molecule has 0 bridgehead atoms. The van der Waals surface area contributed by atoms with Crippen LogP contribution < -0.4 is 4.90 Å². The molecule has 1 heterocycles. The van der Waals surface area contributed by atoms with Gasteiger partial charge in [0.15, 0.2) is 6.10 Å². The average Bonchev–Trinajstić information content (AvgIpc) is 2.96. The molecule has 2 aromatic carbocycles. The van der Waals surface area contributed by atoms with Gasteiger partial charge in [0.05, 0.1) is 5.56 Å². The van der Waals surface area contributed by atoms with Crippen molar-refractivity contribution >= 4 is 17.6 Å². The minimum Gasteiger partial charge on any atom is -0.449 e. The van der Waals surface area contributed by atoms with E-state index in [9.17, 15) is 9.59 Å². The zero-order chi connectivity index (χ0) is 18.0. The van der Waals surface area contributed by atoms with E-state index in [2.05, 4.69) is 6.92 Å². The summed E-state index contributed by atoms with van der Waals surface area (Å²) in [6.07, 6.45) is 0.907. The number of amides is 1. The molecule has 0 aromatic heterocycles. The molecule has 2 atom stereocenters. The minimum absolute atomic E-state index is 0.0647. The highest BCUT2D eigenvalue weighted by atomic mass is 16.5. The molecule has 0 spiro atoms. The van der Waals surface area contributed by atoms with E-state index in [1.165, 1.54) is 0 Å². The highest BCUT2D eigenvalue weighted by molar-refractivity contribution is 6.00. The maximum absolute atomic E-state index is 12.8. The first-order valence-electron chi connectivity index (χ1n) is 8.72. The summed E-state index contributed by atoms with van der Waals surface area (Å²) in [5.74, 6) is -0.653. The number of nitrogens with zero attached hydrogens (tertiary/aromatic N) is 1. The lowest BCUT2D eigenvalue weighted by Gasteiger charge is -2.26. The number of para-hydroxylation sites is 1. The fraction of sp³-hybridized carbons (Fsp3) is 0.333. The van der Waals surface area contributed by atoms with Gasteiger partial charge in [0.25, 0.3) is 5.91 Å². The van der Waals surface area contributed by atoms with E-state index in [4.69, 9.17) is 4.74 Å². The molecule has 25 heavy (non-hydrogen) atoms. The first-order chi connectivity index (χ1) is 12.0. The topological polar surface area (TPSA) is 46.6 Å². The van der Waals surface area contributed by atoms with Crippen LogP contribution in [0.1, 0.15) is 42.3 Å². The van der Waals surface area contributed by atoms with Crippen molar-refractivity contribution in [2.24, 2.45) is 0 Å². The Kier molecular flexibility index (Phi) is 4.88. The second-order valence-corrected chi connectivity index (χ2v) is 6.49. The van der Waals surface area contributed by atoms with Crippen molar-refractivity contribution < 1.29 is 14.3 Å². The number of rotatable bonds is 4. The maximum Gasteiger partial charge on any atom is 0.338 e. The molecule has 2 aromatic rings. The van der Waals surface area contributed by atoms with Crippen LogP contribution in [0.15, 0.2) is 48.5 Å². The van der Waals surface area contributed by atoms with Crippen molar-refractivity contribution in [2.45, 2.75) is 45.8 Å². The van der Waals surface area contributed by atoms with E-state index < -0.39 is 12.1 Å². The number of esters is 1. The molecule has 4 nitrogen and oxygen atoms in total. The molecular formula is C21H23NO3. The van der Waals surface area contributed by atoms with Crippen LogP contribution in [-0.2, 0) is 22.4 Å². The Morgan fingerprint density at radius 2 is 1.84 bits per heavy atom. The van der Waals surface area contributed by atoms with Crippen molar-refractivity contribution in [3.05, 3.63) is 65.2 Å². The number of aryl methyl sites for hydroxylation is 1. The lowest BCUT2D eigenvalue weighted by atomic mass is 10.1. The van der Waals surface area contributed by atoms with E-state index >= 15 is 0 Å². The highest BCUT2D eigenvalue weighted by Gasteiger charge is 2.34. The van der Waals surface area contributed by atoms with E-state index in [-0.39, 0.29) is 11.9 Å². The van der Waals surface area contributed by atoms with Crippen molar-refractivity contribution in [3.63, 3.8) is 0 Å². The number of hydrogen-bond acceptors (Lipinski definition) is 3. The van der Waals surface area contributed by atoms with Crippen molar-refractivity contribution in [2.75, 3.05) is 4.90 Å². The monoisotopic (exact) mass is 337 g/mol. The van der Waals surface area contributed by atoms with E-state index in [0.717, 1.165) is 29.7 Å². The van der Waals surface area contributed by atoms with Crippen molar-refractivity contribution in [1.29, 1.82) is 0 Å². The first-order valence-corrected chi connectivity index (χ1v) is 8.72. The average molecular weight is 337 g/mol. The van der Waals surface area contributed by atoms with Crippen LogP contribution in [-0.4, -0.2) is 24.0 Å². The Morgan fingerprint density at radius 1 is 1.16 bits per heavy atom. The Labute approximate surface area is 148 Å². The summed E-state index contributed by atoms with van der Waals surface area (Å²) in [6, 6.07) is 15.2. The maximum atomic E-state index is 12.8. The van der Waals surface area contributed by atoms with Gasteiger partial charge in [-0.3, -0.25) is 4.79 Å². The second-order valence-electron chi connectivity index (χ2n) is 6.49. The van der Waals surface area contributed by atoms with Gasteiger partial charge in [-0.1, -0.05) is 37.3 Å². The molecule has 0 radical (unpaired) electrons. The lowest BCUT2D eigenvalue weighted by Crippen LogP contribution is -2.43. The predicted molar refractivity (Wildman–Crippen MR) is 97.8 cm³/mol. The molecular weight excluding hydrogens is 314 g/mol. The molecule has 1 aliphatic rings. The summed E-state index contributed by atoms with van der Waals surface area (Å²) in [4.78, 5) is 26.9. The number of fused-ring (bicyclic) bond motifs is 1. The number of carbonyl (C=O) groups is 2. The van der Waals surface area contributed by atoms with Crippen LogP contribution in [0.2, 0.25) is 0 Å². The molecule has 0 saturated carbocycles. The summed E-state index contributed by atoms with van der Waals surface area (Å²) < 4.78 is 5.42. The molecule has 0 unspecified atom stereocenters. The zero-order valence-corrected chi connectivity index (χ0v) is 14.9. The summed E-state index contributed by atoms with van der Waals surface area (Å²) in [6.45, 7) is 5.70. The number of hydrogen-bond donors (Lipinski definition) is 0. The third kappa shape index (κ3) is 3.43. The normalized spacial score (nSPS) is 17.1. The third-order valence-corrected chi connectivity index (χ3v) is 4.67.